The second kappa shape index (κ2) is 6.27. The van der Waals surface area contributed by atoms with E-state index >= 15 is 0 Å². The molecule has 1 atom stereocenters. The van der Waals surface area contributed by atoms with Crippen molar-refractivity contribution in [2.24, 2.45) is 5.92 Å². The Morgan fingerprint density at radius 3 is 2.95 bits per heavy atom. The van der Waals surface area contributed by atoms with Gasteiger partial charge in [0, 0.05) is 23.9 Å². The SMILES string of the molecule is COc1cc(N)cc(C(=O)NCC2CC=CCC2)c1. The molecular weight excluding hydrogens is 240 g/mol. The van der Waals surface area contributed by atoms with E-state index < -0.39 is 0 Å². The van der Waals surface area contributed by atoms with Crippen LogP contribution in [0.15, 0.2) is 30.4 Å². The Balaban J connectivity index is 1.95. The summed E-state index contributed by atoms with van der Waals surface area (Å²) in [6, 6.07) is 5.06. The molecule has 1 aliphatic carbocycles. The Kier molecular flexibility index (Phi) is 4.44. The van der Waals surface area contributed by atoms with Crippen LogP contribution in [0.4, 0.5) is 5.69 Å². The number of nitrogens with two attached hydrogens (primary N) is 1. The van der Waals surface area contributed by atoms with Crippen molar-refractivity contribution in [3.05, 3.63) is 35.9 Å². The van der Waals surface area contributed by atoms with Gasteiger partial charge in [0.25, 0.3) is 5.91 Å². The van der Waals surface area contributed by atoms with E-state index in [1.807, 2.05) is 0 Å². The molecule has 0 aromatic heterocycles. The highest BCUT2D eigenvalue weighted by molar-refractivity contribution is 5.95. The number of carbonyl (C=O) groups excluding carboxylic acids is 1. The van der Waals surface area contributed by atoms with E-state index in [1.165, 1.54) is 0 Å². The van der Waals surface area contributed by atoms with Crippen LogP contribution in [0.1, 0.15) is 29.6 Å². The highest BCUT2D eigenvalue weighted by Gasteiger charge is 2.13. The number of carbonyl (C=O) groups is 1. The summed E-state index contributed by atoms with van der Waals surface area (Å²) in [5.74, 6) is 1.04. The van der Waals surface area contributed by atoms with Crippen LogP contribution in [0.25, 0.3) is 0 Å². The minimum absolute atomic E-state index is 0.0971. The number of allylic oxidation sites excluding steroid dienone is 2. The van der Waals surface area contributed by atoms with Crippen LogP contribution in [0, 0.1) is 5.92 Å². The van der Waals surface area contributed by atoms with Gasteiger partial charge in [-0.25, -0.2) is 0 Å². The minimum Gasteiger partial charge on any atom is -0.497 e. The third kappa shape index (κ3) is 3.74. The molecule has 19 heavy (non-hydrogen) atoms. The molecule has 2 rings (SSSR count). The normalized spacial score (nSPS) is 18.1. The largest absolute Gasteiger partial charge is 0.497 e. The molecule has 0 saturated carbocycles. The maximum Gasteiger partial charge on any atom is 0.251 e. The van der Waals surface area contributed by atoms with Crippen molar-refractivity contribution in [3.63, 3.8) is 0 Å². The van der Waals surface area contributed by atoms with Crippen molar-refractivity contribution in [1.29, 1.82) is 0 Å². The van der Waals surface area contributed by atoms with Crippen LogP contribution in [-0.2, 0) is 0 Å². The fourth-order valence-corrected chi connectivity index (χ4v) is 2.25. The number of amides is 1. The zero-order valence-corrected chi connectivity index (χ0v) is 11.2. The van der Waals surface area contributed by atoms with Crippen molar-refractivity contribution in [2.45, 2.75) is 19.3 Å². The molecule has 0 aliphatic heterocycles. The fourth-order valence-electron chi connectivity index (χ4n) is 2.25. The highest BCUT2D eigenvalue weighted by Crippen LogP contribution is 2.19. The Hall–Kier alpha value is -1.97. The lowest BCUT2D eigenvalue weighted by molar-refractivity contribution is 0.0946. The Bertz CT molecular complexity index is 483. The molecule has 1 aliphatic rings. The molecule has 0 spiro atoms. The molecule has 4 nitrogen and oxygen atoms in total. The maximum absolute atomic E-state index is 12.1. The number of nitrogens with one attached hydrogen (secondary N) is 1. The number of hydrogen-bond acceptors (Lipinski definition) is 3. The lowest BCUT2D eigenvalue weighted by Crippen LogP contribution is -2.29. The van der Waals surface area contributed by atoms with Gasteiger partial charge in [0.15, 0.2) is 0 Å². The summed E-state index contributed by atoms with van der Waals surface area (Å²) >= 11 is 0. The monoisotopic (exact) mass is 260 g/mol. The van der Waals surface area contributed by atoms with Gasteiger partial charge in [0.05, 0.1) is 7.11 Å². The number of benzene rings is 1. The molecule has 0 heterocycles. The van der Waals surface area contributed by atoms with E-state index in [1.54, 1.807) is 25.3 Å². The third-order valence-electron chi connectivity index (χ3n) is 3.36. The second-order valence-electron chi connectivity index (χ2n) is 4.86. The van der Waals surface area contributed by atoms with Crippen molar-refractivity contribution < 1.29 is 9.53 Å². The van der Waals surface area contributed by atoms with Gasteiger partial charge in [-0.1, -0.05) is 12.2 Å². The average molecular weight is 260 g/mol. The van der Waals surface area contributed by atoms with Crippen LogP contribution in [0.3, 0.4) is 0 Å². The summed E-state index contributed by atoms with van der Waals surface area (Å²) in [6.07, 6.45) is 7.66. The van der Waals surface area contributed by atoms with Gasteiger partial charge in [0.2, 0.25) is 0 Å². The van der Waals surface area contributed by atoms with Gasteiger partial charge in [0.1, 0.15) is 5.75 Å². The predicted molar refractivity (Wildman–Crippen MR) is 76.2 cm³/mol. The number of methoxy groups -OCH3 is 1. The number of rotatable bonds is 4. The third-order valence-corrected chi connectivity index (χ3v) is 3.36. The van der Waals surface area contributed by atoms with Crippen molar-refractivity contribution in [2.75, 3.05) is 19.4 Å². The van der Waals surface area contributed by atoms with Crippen molar-refractivity contribution >= 4 is 11.6 Å². The Labute approximate surface area is 113 Å². The maximum atomic E-state index is 12.1. The van der Waals surface area contributed by atoms with Crippen molar-refractivity contribution in [1.82, 2.24) is 5.32 Å². The Morgan fingerprint density at radius 1 is 1.42 bits per heavy atom. The molecule has 102 valence electrons. The summed E-state index contributed by atoms with van der Waals surface area (Å²) in [4.78, 5) is 12.1. The fraction of sp³-hybridized carbons (Fsp3) is 0.400. The van der Waals surface area contributed by atoms with Crippen LogP contribution in [0.5, 0.6) is 5.75 Å². The molecule has 0 fully saturated rings. The van der Waals surface area contributed by atoms with Gasteiger partial charge >= 0.3 is 0 Å². The first-order chi connectivity index (χ1) is 9.19. The number of anilines is 1. The molecule has 0 bridgehead atoms. The summed E-state index contributed by atoms with van der Waals surface area (Å²) in [6.45, 7) is 0.709. The lowest BCUT2D eigenvalue weighted by atomic mass is 9.94. The van der Waals surface area contributed by atoms with E-state index in [0.29, 0.717) is 29.5 Å². The molecular formula is C15H20N2O2. The van der Waals surface area contributed by atoms with E-state index in [-0.39, 0.29) is 5.91 Å². The zero-order valence-electron chi connectivity index (χ0n) is 11.2. The topological polar surface area (TPSA) is 64.3 Å². The molecule has 1 amide bonds. The van der Waals surface area contributed by atoms with Gasteiger partial charge in [-0.15, -0.1) is 0 Å². The lowest BCUT2D eigenvalue weighted by Gasteiger charge is -2.18. The van der Waals surface area contributed by atoms with Crippen LogP contribution in [0.2, 0.25) is 0 Å². The minimum atomic E-state index is -0.0971. The van der Waals surface area contributed by atoms with Crippen molar-refractivity contribution in [3.8, 4) is 5.75 Å². The summed E-state index contributed by atoms with van der Waals surface area (Å²) in [5.41, 5.74) is 6.82. The predicted octanol–water partition coefficient (Wildman–Crippen LogP) is 2.36. The van der Waals surface area contributed by atoms with Crippen LogP contribution in [-0.4, -0.2) is 19.6 Å². The van der Waals surface area contributed by atoms with Gasteiger partial charge in [-0.05, 0) is 37.3 Å². The van der Waals surface area contributed by atoms with E-state index in [2.05, 4.69) is 17.5 Å². The van der Waals surface area contributed by atoms with Gasteiger partial charge < -0.3 is 15.8 Å². The first kappa shape index (κ1) is 13.5. The highest BCUT2D eigenvalue weighted by atomic mass is 16.5. The molecule has 1 aromatic carbocycles. The number of hydrogen-bond donors (Lipinski definition) is 2. The molecule has 4 heteroatoms. The van der Waals surface area contributed by atoms with Crippen LogP contribution >= 0.6 is 0 Å². The van der Waals surface area contributed by atoms with Gasteiger partial charge in [-0.3, -0.25) is 4.79 Å². The standard InChI is InChI=1S/C15H20N2O2/c1-19-14-8-12(7-13(16)9-14)15(18)17-10-11-5-3-2-4-6-11/h2-3,7-9,11H,4-6,10,16H2,1H3,(H,17,18). The first-order valence-corrected chi connectivity index (χ1v) is 6.57. The number of ether oxygens (including phenoxy) is 1. The molecule has 3 N–H and O–H groups in total. The van der Waals surface area contributed by atoms with E-state index in [4.69, 9.17) is 10.5 Å². The molecule has 0 saturated heterocycles. The first-order valence-electron chi connectivity index (χ1n) is 6.57. The van der Waals surface area contributed by atoms with Gasteiger partial charge in [-0.2, -0.15) is 0 Å². The smallest absolute Gasteiger partial charge is 0.251 e. The molecule has 0 radical (unpaired) electrons. The van der Waals surface area contributed by atoms with E-state index in [0.717, 1.165) is 19.3 Å². The average Bonchev–Trinajstić information content (AvgIpc) is 2.45. The van der Waals surface area contributed by atoms with Crippen LogP contribution < -0.4 is 15.8 Å². The summed E-state index contributed by atoms with van der Waals surface area (Å²) < 4.78 is 5.11. The molecule has 1 aromatic rings. The van der Waals surface area contributed by atoms with E-state index in [9.17, 15) is 4.79 Å². The summed E-state index contributed by atoms with van der Waals surface area (Å²) in [5, 5.41) is 2.96. The quantitative estimate of drug-likeness (QED) is 0.645. The number of nitrogen functional groups attached to an aromatic ring is 1. The molecule has 1 unspecified atom stereocenters. The zero-order chi connectivity index (χ0) is 13.7. The second-order valence-corrected chi connectivity index (χ2v) is 4.86. The Morgan fingerprint density at radius 2 is 2.26 bits per heavy atom. The summed E-state index contributed by atoms with van der Waals surface area (Å²) in [7, 11) is 1.56.